The fourth-order valence-corrected chi connectivity index (χ4v) is 7.99. The molecule has 10 aromatic carbocycles. The molecule has 0 saturated carbocycles. The van der Waals surface area contributed by atoms with E-state index in [0.717, 1.165) is 97.0 Å². The lowest BCUT2D eigenvalue weighted by Crippen LogP contribution is -2.00. The smallest absolute Gasteiger partial charge is 0.101 e. The fraction of sp³-hybridized carbons (Fsp3) is 0. The van der Waals surface area contributed by atoms with Crippen molar-refractivity contribution in [3.63, 3.8) is 0 Å². The number of rotatable bonds is 0. The maximum atomic E-state index is 10.2. The lowest BCUT2D eigenvalue weighted by atomic mass is 9.75. The maximum absolute atomic E-state index is 10.2. The molecule has 0 unspecified atom stereocenters. The van der Waals surface area contributed by atoms with E-state index in [1.165, 1.54) is 0 Å². The molecule has 0 aliphatic rings. The highest BCUT2D eigenvalue weighted by atomic mass is 14.4. The van der Waals surface area contributed by atoms with Gasteiger partial charge in [0, 0.05) is 43.1 Å². The Balaban J connectivity index is 1.74. The highest BCUT2D eigenvalue weighted by Crippen LogP contribution is 2.56. The van der Waals surface area contributed by atoms with Crippen LogP contribution in [0.2, 0.25) is 0 Å². The van der Waals surface area contributed by atoms with Crippen molar-refractivity contribution in [2.45, 2.75) is 0 Å². The van der Waals surface area contributed by atoms with Gasteiger partial charge in [-0.3, -0.25) is 0 Å². The first-order valence-corrected chi connectivity index (χ1v) is 12.9. The number of hydrogen-bond donors (Lipinski definition) is 0. The van der Waals surface area contributed by atoms with Crippen LogP contribution in [0, 0.1) is 45.3 Å². The SMILES string of the molecule is N#Cc1c(C#N)c2ccc3cc4ccc5c(C#N)c(C#N)c6ccc7cc8ccc1c1c8c8c7c6c5c4c8c3c21. The minimum Gasteiger partial charge on any atom is -0.192 e. The van der Waals surface area contributed by atoms with Crippen molar-refractivity contribution < 1.29 is 0 Å². The van der Waals surface area contributed by atoms with Crippen molar-refractivity contribution in [1.29, 1.82) is 21.0 Å². The summed E-state index contributed by atoms with van der Waals surface area (Å²) in [5, 5.41) is 59.1. The molecule has 0 aromatic heterocycles. The van der Waals surface area contributed by atoms with E-state index in [1.807, 2.05) is 24.3 Å². The third-order valence-corrected chi connectivity index (χ3v) is 9.35. The van der Waals surface area contributed by atoms with E-state index in [9.17, 15) is 21.0 Å². The Morgan fingerprint density at radius 2 is 0.550 bits per heavy atom. The third kappa shape index (κ3) is 1.79. The number of nitrogens with zero attached hydrogens (tertiary/aromatic N) is 4. The van der Waals surface area contributed by atoms with Gasteiger partial charge in [0.05, 0.1) is 22.3 Å². The van der Waals surface area contributed by atoms with Gasteiger partial charge in [-0.2, -0.15) is 21.0 Å². The second-order valence-corrected chi connectivity index (χ2v) is 10.8. The normalized spacial score (nSPS) is 12.4. The summed E-state index contributed by atoms with van der Waals surface area (Å²) in [5.41, 5.74) is 1.63. The van der Waals surface area contributed by atoms with E-state index in [4.69, 9.17) is 0 Å². The molecule has 4 nitrogen and oxygen atoms in total. The highest BCUT2D eigenvalue weighted by Gasteiger charge is 2.29. The molecular formula is C36H10N4. The lowest BCUT2D eigenvalue weighted by Gasteiger charge is -2.26. The first-order valence-electron chi connectivity index (χ1n) is 12.9. The molecule has 0 heterocycles. The maximum Gasteiger partial charge on any atom is 0.101 e. The Morgan fingerprint density at radius 1 is 0.300 bits per heavy atom. The van der Waals surface area contributed by atoms with Crippen LogP contribution in [0.15, 0.2) is 60.7 Å². The molecule has 0 fully saturated rings. The number of nitriles is 4. The van der Waals surface area contributed by atoms with Gasteiger partial charge >= 0.3 is 0 Å². The van der Waals surface area contributed by atoms with Crippen molar-refractivity contribution in [2.75, 3.05) is 0 Å². The van der Waals surface area contributed by atoms with Gasteiger partial charge in [-0.05, 0) is 66.0 Å². The van der Waals surface area contributed by atoms with E-state index < -0.39 is 0 Å². The van der Waals surface area contributed by atoms with Crippen molar-refractivity contribution in [2.24, 2.45) is 0 Å². The van der Waals surface area contributed by atoms with Gasteiger partial charge in [0.15, 0.2) is 0 Å². The van der Waals surface area contributed by atoms with E-state index in [2.05, 4.69) is 60.7 Å². The van der Waals surface area contributed by atoms with E-state index in [1.54, 1.807) is 0 Å². The molecule has 10 rings (SSSR count). The van der Waals surface area contributed by atoms with Crippen LogP contribution in [0.4, 0.5) is 0 Å². The summed E-state index contributed by atoms with van der Waals surface area (Å²) in [5.74, 6) is 0. The Bertz CT molecular complexity index is 2560. The van der Waals surface area contributed by atoms with Crippen LogP contribution < -0.4 is 0 Å². The molecular weight excluding hydrogens is 488 g/mol. The van der Waals surface area contributed by atoms with E-state index in [-0.39, 0.29) is 0 Å². The standard InChI is InChI=1S/C36H10N4/c37-11-23-19-5-1-15-9-16-2-6-21-25(13-39)26(14-40)22-8-4-18-10-17-3-7-20(24(23)12-38)32-29(17)36-30(18)34(22)33(21)28(16)35(36)27(15)31(19)32/h1-10H. The zero-order valence-corrected chi connectivity index (χ0v) is 20.6. The summed E-state index contributed by atoms with van der Waals surface area (Å²) in [4.78, 5) is 0. The van der Waals surface area contributed by atoms with Gasteiger partial charge < -0.3 is 0 Å². The van der Waals surface area contributed by atoms with Crippen LogP contribution in [-0.4, -0.2) is 0 Å². The van der Waals surface area contributed by atoms with Gasteiger partial charge in [0.2, 0.25) is 0 Å². The average molecular weight is 499 g/mol. The van der Waals surface area contributed by atoms with Crippen LogP contribution in [0.25, 0.3) is 97.0 Å². The first-order chi connectivity index (χ1) is 19.7. The summed E-state index contributed by atoms with van der Waals surface area (Å²) in [7, 11) is 0. The van der Waals surface area contributed by atoms with Crippen molar-refractivity contribution in [1.82, 2.24) is 0 Å². The van der Waals surface area contributed by atoms with Gasteiger partial charge in [-0.1, -0.05) is 48.5 Å². The first kappa shape index (κ1) is 19.9. The predicted octanol–water partition coefficient (Wildman–Crippen LogP) is 8.74. The van der Waals surface area contributed by atoms with Crippen LogP contribution >= 0.6 is 0 Å². The average Bonchev–Trinajstić information content (AvgIpc) is 3.00. The Kier molecular flexibility index (Phi) is 3.02. The Labute approximate surface area is 224 Å². The predicted molar refractivity (Wildman–Crippen MR) is 159 cm³/mol. The third-order valence-electron chi connectivity index (χ3n) is 9.35. The molecule has 0 radical (unpaired) electrons. The second kappa shape index (κ2) is 6.09. The van der Waals surface area contributed by atoms with Gasteiger partial charge in [0.25, 0.3) is 0 Å². The summed E-state index contributed by atoms with van der Waals surface area (Å²) >= 11 is 0. The quantitative estimate of drug-likeness (QED) is 0.154. The summed E-state index contributed by atoms with van der Waals surface area (Å²) in [6.07, 6.45) is 0. The molecule has 4 heteroatoms. The van der Waals surface area contributed by atoms with Crippen LogP contribution in [0.5, 0.6) is 0 Å². The Morgan fingerprint density at radius 3 is 0.775 bits per heavy atom. The zero-order chi connectivity index (χ0) is 26.6. The van der Waals surface area contributed by atoms with Crippen LogP contribution in [0.1, 0.15) is 22.3 Å². The fourth-order valence-electron chi connectivity index (χ4n) is 7.99. The molecule has 0 saturated heterocycles. The minimum atomic E-state index is 0.407. The molecule has 0 aliphatic heterocycles. The lowest BCUT2D eigenvalue weighted by molar-refractivity contribution is 1.47. The van der Waals surface area contributed by atoms with Crippen molar-refractivity contribution in [3.8, 4) is 24.3 Å². The number of hydrogen-bond acceptors (Lipinski definition) is 4. The van der Waals surface area contributed by atoms with Crippen LogP contribution in [-0.2, 0) is 0 Å². The highest BCUT2D eigenvalue weighted by molar-refractivity contribution is 6.54. The largest absolute Gasteiger partial charge is 0.192 e. The number of benzene rings is 10. The van der Waals surface area contributed by atoms with Crippen molar-refractivity contribution in [3.05, 3.63) is 82.9 Å². The Hall–Kier alpha value is -6.20. The summed E-state index contributed by atoms with van der Waals surface area (Å²) < 4.78 is 0. The van der Waals surface area contributed by atoms with Gasteiger partial charge in [-0.25, -0.2) is 0 Å². The van der Waals surface area contributed by atoms with E-state index in [0.29, 0.717) is 22.3 Å². The summed E-state index contributed by atoms with van der Waals surface area (Å²) in [6.45, 7) is 0. The molecule has 0 atom stereocenters. The second-order valence-electron chi connectivity index (χ2n) is 10.8. The van der Waals surface area contributed by atoms with Crippen LogP contribution in [0.3, 0.4) is 0 Å². The van der Waals surface area contributed by atoms with Gasteiger partial charge in [-0.15, -0.1) is 0 Å². The molecule has 174 valence electrons. The molecule has 40 heavy (non-hydrogen) atoms. The topological polar surface area (TPSA) is 95.2 Å². The van der Waals surface area contributed by atoms with Gasteiger partial charge in [0.1, 0.15) is 24.3 Å². The molecule has 0 amide bonds. The minimum absolute atomic E-state index is 0.407. The monoisotopic (exact) mass is 498 g/mol. The van der Waals surface area contributed by atoms with Crippen molar-refractivity contribution >= 4 is 97.0 Å². The molecule has 10 aromatic rings. The summed E-state index contributed by atoms with van der Waals surface area (Å²) in [6, 6.07) is 29.9. The molecule has 0 spiro atoms. The molecule has 0 aliphatic carbocycles. The zero-order valence-electron chi connectivity index (χ0n) is 20.6. The van der Waals surface area contributed by atoms with E-state index >= 15 is 0 Å². The molecule has 0 N–H and O–H groups in total. The molecule has 0 bridgehead atoms.